The van der Waals surface area contributed by atoms with Gasteiger partial charge in [0.2, 0.25) is 0 Å². The van der Waals surface area contributed by atoms with Gasteiger partial charge in [0.05, 0.1) is 26.1 Å². The van der Waals surface area contributed by atoms with Crippen molar-refractivity contribution in [3.05, 3.63) is 23.9 Å². The average molecular weight is 180 g/mol. The molecule has 13 heavy (non-hydrogen) atoms. The molecule has 72 valence electrons. The molecule has 0 aromatic heterocycles. The standard InChI is InChI=1S/C10H16N2O/c1-10-4-2-3-6-13-7-5-11-9-12-8-10/h2,4,8-9H,3,5-7H2,1H3,(H,11,12)/b4-2-,10-8-. The van der Waals surface area contributed by atoms with E-state index in [2.05, 4.69) is 22.5 Å². The Labute approximate surface area is 79.2 Å². The molecule has 3 heteroatoms. The zero-order valence-electron chi connectivity index (χ0n) is 7.99. The Kier molecular flexibility index (Phi) is 4.94. The highest BCUT2D eigenvalue weighted by Gasteiger charge is 1.87. The van der Waals surface area contributed by atoms with Crippen molar-refractivity contribution >= 4 is 6.34 Å². The molecule has 0 bridgehead atoms. The summed E-state index contributed by atoms with van der Waals surface area (Å²) in [6.07, 6.45) is 8.79. The van der Waals surface area contributed by atoms with Gasteiger partial charge in [0.25, 0.3) is 0 Å². The van der Waals surface area contributed by atoms with Gasteiger partial charge in [0.1, 0.15) is 0 Å². The Hall–Kier alpha value is -1.09. The predicted molar refractivity (Wildman–Crippen MR) is 54.8 cm³/mol. The zero-order valence-corrected chi connectivity index (χ0v) is 7.99. The summed E-state index contributed by atoms with van der Waals surface area (Å²) in [5.41, 5.74) is 1.19. The molecule has 1 aliphatic rings. The summed E-state index contributed by atoms with van der Waals surface area (Å²) in [6, 6.07) is 0. The van der Waals surface area contributed by atoms with Crippen molar-refractivity contribution in [2.24, 2.45) is 4.99 Å². The molecule has 0 fully saturated rings. The molecule has 0 saturated heterocycles. The van der Waals surface area contributed by atoms with E-state index < -0.39 is 0 Å². The molecule has 0 aliphatic carbocycles. The quantitative estimate of drug-likeness (QED) is 0.612. The second kappa shape index (κ2) is 6.43. The number of nitrogens with one attached hydrogen (secondary N) is 1. The fourth-order valence-electron chi connectivity index (χ4n) is 0.974. The summed E-state index contributed by atoms with van der Waals surface area (Å²) in [7, 11) is 0. The van der Waals surface area contributed by atoms with Crippen molar-refractivity contribution < 1.29 is 4.74 Å². The van der Waals surface area contributed by atoms with Crippen LogP contribution in [0.2, 0.25) is 0 Å². The van der Waals surface area contributed by atoms with E-state index in [1.807, 2.05) is 13.1 Å². The maximum absolute atomic E-state index is 5.33. The molecule has 1 aliphatic heterocycles. The normalized spacial score (nSPS) is 26.1. The lowest BCUT2D eigenvalue weighted by molar-refractivity contribution is 0.146. The molecular formula is C10H16N2O. The number of hydrogen-bond donors (Lipinski definition) is 1. The first kappa shape index (κ1) is 9.99. The van der Waals surface area contributed by atoms with E-state index in [4.69, 9.17) is 4.74 Å². The van der Waals surface area contributed by atoms with Crippen LogP contribution in [0.1, 0.15) is 13.3 Å². The highest BCUT2D eigenvalue weighted by Crippen LogP contribution is 1.95. The van der Waals surface area contributed by atoms with Gasteiger partial charge in [-0.15, -0.1) is 0 Å². The topological polar surface area (TPSA) is 33.6 Å². The lowest BCUT2D eigenvalue weighted by atomic mass is 10.3. The van der Waals surface area contributed by atoms with Gasteiger partial charge in [-0.2, -0.15) is 0 Å². The van der Waals surface area contributed by atoms with Crippen molar-refractivity contribution in [1.82, 2.24) is 5.32 Å². The average Bonchev–Trinajstić information content (AvgIpc) is 2.11. The summed E-state index contributed by atoms with van der Waals surface area (Å²) in [6.45, 7) is 4.26. The smallest absolute Gasteiger partial charge is 0.0864 e. The molecule has 0 radical (unpaired) electrons. The van der Waals surface area contributed by atoms with Crippen LogP contribution in [0.3, 0.4) is 0 Å². The summed E-state index contributed by atoms with van der Waals surface area (Å²) >= 11 is 0. The van der Waals surface area contributed by atoms with Crippen LogP contribution in [0.5, 0.6) is 0 Å². The Morgan fingerprint density at radius 2 is 2.38 bits per heavy atom. The largest absolute Gasteiger partial charge is 0.379 e. The van der Waals surface area contributed by atoms with E-state index >= 15 is 0 Å². The van der Waals surface area contributed by atoms with Gasteiger partial charge in [-0.05, 0) is 18.9 Å². The van der Waals surface area contributed by atoms with Gasteiger partial charge in [0.15, 0.2) is 0 Å². The molecule has 0 spiro atoms. The van der Waals surface area contributed by atoms with Gasteiger partial charge < -0.3 is 10.1 Å². The molecule has 1 N–H and O–H groups in total. The Morgan fingerprint density at radius 3 is 3.31 bits per heavy atom. The third-order valence-corrected chi connectivity index (χ3v) is 1.65. The highest BCUT2D eigenvalue weighted by atomic mass is 16.5. The van der Waals surface area contributed by atoms with Crippen LogP contribution in [0.25, 0.3) is 0 Å². The minimum Gasteiger partial charge on any atom is -0.379 e. The molecule has 1 heterocycles. The van der Waals surface area contributed by atoms with Gasteiger partial charge in [-0.25, -0.2) is 0 Å². The molecule has 0 amide bonds. The van der Waals surface area contributed by atoms with Crippen LogP contribution in [0.15, 0.2) is 28.9 Å². The van der Waals surface area contributed by atoms with Crippen LogP contribution in [0.4, 0.5) is 0 Å². The van der Waals surface area contributed by atoms with Crippen LogP contribution in [0, 0.1) is 0 Å². The molecular weight excluding hydrogens is 164 g/mol. The molecule has 0 saturated carbocycles. The second-order valence-electron chi connectivity index (χ2n) is 2.89. The Bertz CT molecular complexity index is 219. The SMILES string of the molecule is CC1=C/NC=NCCOCC/C=C\1. The molecule has 3 nitrogen and oxygen atoms in total. The number of hydrogen-bond acceptors (Lipinski definition) is 3. The third kappa shape index (κ3) is 5.20. The number of rotatable bonds is 0. The molecule has 1 rings (SSSR count). The van der Waals surface area contributed by atoms with E-state index in [0.717, 1.165) is 19.6 Å². The van der Waals surface area contributed by atoms with Crippen LogP contribution in [-0.2, 0) is 4.74 Å². The first-order valence-corrected chi connectivity index (χ1v) is 4.55. The molecule has 0 unspecified atom stereocenters. The zero-order chi connectivity index (χ0) is 9.36. The van der Waals surface area contributed by atoms with Gasteiger partial charge >= 0.3 is 0 Å². The van der Waals surface area contributed by atoms with Crippen molar-refractivity contribution in [3.63, 3.8) is 0 Å². The minimum atomic E-state index is 0.703. The third-order valence-electron chi connectivity index (χ3n) is 1.65. The van der Waals surface area contributed by atoms with E-state index in [0.29, 0.717) is 6.61 Å². The predicted octanol–water partition coefficient (Wildman–Crippen LogP) is 1.48. The van der Waals surface area contributed by atoms with Crippen molar-refractivity contribution in [2.45, 2.75) is 13.3 Å². The van der Waals surface area contributed by atoms with Crippen molar-refractivity contribution in [3.8, 4) is 0 Å². The lowest BCUT2D eigenvalue weighted by Gasteiger charge is -2.00. The maximum Gasteiger partial charge on any atom is 0.0864 e. The van der Waals surface area contributed by atoms with Gasteiger partial charge in [-0.3, -0.25) is 4.99 Å². The summed E-state index contributed by atoms with van der Waals surface area (Å²) in [5, 5.41) is 2.99. The number of aliphatic imine (C=N–C) groups is 1. The first-order valence-electron chi connectivity index (χ1n) is 4.55. The summed E-state index contributed by atoms with van der Waals surface area (Å²) in [4.78, 5) is 4.11. The molecule has 0 aromatic rings. The minimum absolute atomic E-state index is 0.703. The fourth-order valence-corrected chi connectivity index (χ4v) is 0.974. The van der Waals surface area contributed by atoms with Crippen LogP contribution in [-0.4, -0.2) is 26.1 Å². The molecule has 0 aromatic carbocycles. The number of nitrogens with zero attached hydrogens (tertiary/aromatic N) is 1. The van der Waals surface area contributed by atoms with E-state index in [9.17, 15) is 0 Å². The Balaban J connectivity index is 2.45. The number of allylic oxidation sites excluding steroid dienone is 2. The van der Waals surface area contributed by atoms with Crippen molar-refractivity contribution in [1.29, 1.82) is 0 Å². The van der Waals surface area contributed by atoms with E-state index in [-0.39, 0.29) is 0 Å². The van der Waals surface area contributed by atoms with Gasteiger partial charge in [-0.1, -0.05) is 12.2 Å². The van der Waals surface area contributed by atoms with E-state index in [1.54, 1.807) is 6.34 Å². The van der Waals surface area contributed by atoms with Crippen LogP contribution >= 0.6 is 0 Å². The first-order chi connectivity index (χ1) is 6.39. The second-order valence-corrected chi connectivity index (χ2v) is 2.89. The van der Waals surface area contributed by atoms with Crippen LogP contribution < -0.4 is 5.32 Å². The summed E-state index contributed by atoms with van der Waals surface area (Å²) < 4.78 is 5.33. The molecule has 0 atom stereocenters. The number of ether oxygens (including phenoxy) is 1. The Morgan fingerprint density at radius 1 is 1.46 bits per heavy atom. The van der Waals surface area contributed by atoms with Crippen molar-refractivity contribution in [2.75, 3.05) is 19.8 Å². The summed E-state index contributed by atoms with van der Waals surface area (Å²) in [5.74, 6) is 0. The fraction of sp³-hybridized carbons (Fsp3) is 0.500. The van der Waals surface area contributed by atoms with E-state index in [1.165, 1.54) is 5.57 Å². The monoisotopic (exact) mass is 180 g/mol. The maximum atomic E-state index is 5.33. The highest BCUT2D eigenvalue weighted by molar-refractivity contribution is 5.56. The lowest BCUT2D eigenvalue weighted by Crippen LogP contribution is -2.05. The van der Waals surface area contributed by atoms with Gasteiger partial charge in [0, 0.05) is 6.20 Å².